The van der Waals surface area contributed by atoms with Crippen molar-refractivity contribution in [3.05, 3.63) is 0 Å². The van der Waals surface area contributed by atoms with Crippen LogP contribution < -0.4 is 5.73 Å². The minimum absolute atomic E-state index is 0.0174. The highest BCUT2D eigenvalue weighted by Gasteiger charge is 2.46. The van der Waals surface area contributed by atoms with Crippen molar-refractivity contribution < 1.29 is 18.3 Å². The first-order chi connectivity index (χ1) is 5.31. The summed E-state index contributed by atoms with van der Waals surface area (Å²) < 4.78 is 35.9. The molecule has 0 saturated heterocycles. The minimum atomic E-state index is -4.13. The molecule has 0 spiro atoms. The van der Waals surface area contributed by atoms with Crippen molar-refractivity contribution in [3.63, 3.8) is 0 Å². The molecule has 0 aromatic carbocycles. The number of rotatable bonds is 2. The van der Waals surface area contributed by atoms with Crippen molar-refractivity contribution in [2.24, 2.45) is 11.1 Å². The lowest BCUT2D eigenvalue weighted by atomic mass is 9.89. The Labute approximate surface area is 70.6 Å². The Kier molecular flexibility index (Phi) is 6.38. The summed E-state index contributed by atoms with van der Waals surface area (Å²) in [5.41, 5.74) is 3.37. The zero-order valence-electron chi connectivity index (χ0n) is 7.57. The number of halogens is 3. The summed E-state index contributed by atoms with van der Waals surface area (Å²) in [6, 6.07) is 0. The van der Waals surface area contributed by atoms with Crippen LogP contribution in [-0.2, 0) is 0 Å². The Morgan fingerprint density at radius 3 is 1.58 bits per heavy atom. The zero-order chi connectivity index (χ0) is 10.4. The molecule has 0 saturated carbocycles. The van der Waals surface area contributed by atoms with Gasteiger partial charge in [0, 0.05) is 7.11 Å². The first-order valence-corrected chi connectivity index (χ1v) is 3.53. The molecule has 3 N–H and O–H groups in total. The highest BCUT2D eigenvalue weighted by Crippen LogP contribution is 2.39. The molecule has 5 heteroatoms. The van der Waals surface area contributed by atoms with E-state index >= 15 is 0 Å². The van der Waals surface area contributed by atoms with Gasteiger partial charge in [0.2, 0.25) is 0 Å². The Balaban J connectivity index is 0. The average Bonchev–Trinajstić information content (AvgIpc) is 1.89. The topological polar surface area (TPSA) is 46.2 Å². The Morgan fingerprint density at radius 1 is 1.17 bits per heavy atom. The van der Waals surface area contributed by atoms with E-state index < -0.39 is 11.6 Å². The molecular formula is C7H16F3NO. The second-order valence-electron chi connectivity index (χ2n) is 2.92. The molecule has 0 fully saturated rings. The molecule has 12 heavy (non-hydrogen) atoms. The third kappa shape index (κ3) is 4.56. The van der Waals surface area contributed by atoms with Crippen molar-refractivity contribution in [2.75, 3.05) is 13.7 Å². The van der Waals surface area contributed by atoms with E-state index in [0.29, 0.717) is 0 Å². The second-order valence-corrected chi connectivity index (χ2v) is 2.92. The van der Waals surface area contributed by atoms with Gasteiger partial charge in [-0.1, -0.05) is 13.8 Å². The summed E-state index contributed by atoms with van der Waals surface area (Å²) in [5.74, 6) is 0. The molecule has 0 aromatic rings. The van der Waals surface area contributed by atoms with Crippen molar-refractivity contribution in [1.29, 1.82) is 0 Å². The maximum Gasteiger partial charge on any atom is 0.394 e. The number of aliphatic hydroxyl groups is 1. The van der Waals surface area contributed by atoms with Crippen LogP contribution in [0.1, 0.15) is 20.3 Å². The van der Waals surface area contributed by atoms with Gasteiger partial charge in [-0.2, -0.15) is 13.2 Å². The van der Waals surface area contributed by atoms with E-state index in [9.17, 15) is 13.2 Å². The van der Waals surface area contributed by atoms with Crippen molar-refractivity contribution in [2.45, 2.75) is 26.4 Å². The average molecular weight is 187 g/mol. The molecule has 0 aliphatic heterocycles. The van der Waals surface area contributed by atoms with Crippen LogP contribution in [0.5, 0.6) is 0 Å². The largest absolute Gasteiger partial charge is 0.400 e. The molecule has 0 atom stereocenters. The predicted octanol–water partition coefficient (Wildman–Crippen LogP) is 1.53. The molecule has 0 rings (SSSR count). The van der Waals surface area contributed by atoms with Gasteiger partial charge in [0.05, 0.1) is 5.41 Å². The maximum atomic E-state index is 12.0. The lowest BCUT2D eigenvalue weighted by Gasteiger charge is -2.26. The number of hydrogen-bond donors (Lipinski definition) is 2. The van der Waals surface area contributed by atoms with Gasteiger partial charge in [0.15, 0.2) is 0 Å². The third-order valence-corrected chi connectivity index (χ3v) is 1.54. The van der Waals surface area contributed by atoms with E-state index in [0.717, 1.165) is 21.0 Å². The van der Waals surface area contributed by atoms with Crippen LogP contribution in [0.25, 0.3) is 0 Å². The van der Waals surface area contributed by atoms with Crippen LogP contribution in [0.2, 0.25) is 0 Å². The molecule has 0 heterocycles. The summed E-state index contributed by atoms with van der Waals surface area (Å²) >= 11 is 0. The van der Waals surface area contributed by atoms with Gasteiger partial charge < -0.3 is 10.8 Å². The van der Waals surface area contributed by atoms with Crippen LogP contribution in [0.15, 0.2) is 0 Å². The first kappa shape index (κ1) is 14.2. The van der Waals surface area contributed by atoms with Crippen LogP contribution in [0.3, 0.4) is 0 Å². The third-order valence-electron chi connectivity index (χ3n) is 1.54. The summed E-state index contributed by atoms with van der Waals surface area (Å²) in [7, 11) is 1.00. The molecule has 0 bridgehead atoms. The SMILES string of the molecule is CC(C)(CCN)C(F)(F)F.CO. The van der Waals surface area contributed by atoms with Gasteiger partial charge in [-0.15, -0.1) is 0 Å². The lowest BCUT2D eigenvalue weighted by molar-refractivity contribution is -0.212. The van der Waals surface area contributed by atoms with Crippen molar-refractivity contribution >= 4 is 0 Å². The van der Waals surface area contributed by atoms with Crippen molar-refractivity contribution in [3.8, 4) is 0 Å². The second kappa shape index (κ2) is 5.37. The zero-order valence-corrected chi connectivity index (χ0v) is 7.57. The first-order valence-electron chi connectivity index (χ1n) is 3.53. The summed E-state index contributed by atoms with van der Waals surface area (Å²) in [6.07, 6.45) is -4.15. The highest BCUT2D eigenvalue weighted by atomic mass is 19.4. The minimum Gasteiger partial charge on any atom is -0.400 e. The lowest BCUT2D eigenvalue weighted by Crippen LogP contribution is -2.33. The van der Waals surface area contributed by atoms with E-state index in [-0.39, 0.29) is 13.0 Å². The van der Waals surface area contributed by atoms with E-state index in [1.54, 1.807) is 0 Å². The number of alkyl halides is 3. The Bertz CT molecular complexity index is 112. The fraction of sp³-hybridized carbons (Fsp3) is 1.00. The molecule has 2 nitrogen and oxygen atoms in total. The molecular weight excluding hydrogens is 171 g/mol. The van der Waals surface area contributed by atoms with Crippen molar-refractivity contribution in [1.82, 2.24) is 0 Å². The fourth-order valence-electron chi connectivity index (χ4n) is 0.503. The van der Waals surface area contributed by atoms with Gasteiger partial charge in [0.1, 0.15) is 0 Å². The van der Waals surface area contributed by atoms with Crippen LogP contribution in [0, 0.1) is 5.41 Å². The molecule has 0 aliphatic carbocycles. The van der Waals surface area contributed by atoms with Gasteiger partial charge >= 0.3 is 6.18 Å². The summed E-state index contributed by atoms with van der Waals surface area (Å²) in [5, 5.41) is 7.00. The number of nitrogens with two attached hydrogens (primary N) is 1. The molecule has 0 aliphatic rings. The van der Waals surface area contributed by atoms with E-state index in [1.165, 1.54) is 0 Å². The van der Waals surface area contributed by atoms with Crippen LogP contribution in [0.4, 0.5) is 13.2 Å². The summed E-state index contributed by atoms with van der Waals surface area (Å²) in [6.45, 7) is 2.38. The van der Waals surface area contributed by atoms with Gasteiger partial charge in [-0.25, -0.2) is 0 Å². The number of aliphatic hydroxyl groups excluding tert-OH is 1. The predicted molar refractivity (Wildman–Crippen MR) is 41.7 cm³/mol. The Hall–Kier alpha value is -0.290. The Morgan fingerprint density at radius 2 is 1.50 bits per heavy atom. The standard InChI is InChI=1S/C6H12F3N.CH4O/c1-5(2,3-4-10)6(7,8)9;1-2/h3-4,10H2,1-2H3;2H,1H3. The normalized spacial score (nSPS) is 12.0. The van der Waals surface area contributed by atoms with Crippen LogP contribution in [-0.4, -0.2) is 24.9 Å². The van der Waals surface area contributed by atoms with E-state index in [2.05, 4.69) is 0 Å². The molecule has 0 unspecified atom stereocenters. The summed E-state index contributed by atoms with van der Waals surface area (Å²) in [4.78, 5) is 0. The molecule has 76 valence electrons. The molecule has 0 amide bonds. The highest BCUT2D eigenvalue weighted by molar-refractivity contribution is 4.76. The smallest absolute Gasteiger partial charge is 0.394 e. The van der Waals surface area contributed by atoms with Gasteiger partial charge in [-0.3, -0.25) is 0 Å². The monoisotopic (exact) mass is 187 g/mol. The quantitative estimate of drug-likeness (QED) is 0.688. The van der Waals surface area contributed by atoms with E-state index in [1.807, 2.05) is 0 Å². The van der Waals surface area contributed by atoms with E-state index in [4.69, 9.17) is 10.8 Å². The fourth-order valence-corrected chi connectivity index (χ4v) is 0.503. The van der Waals surface area contributed by atoms with Gasteiger partial charge in [-0.05, 0) is 13.0 Å². The molecule has 0 aromatic heterocycles. The number of hydrogen-bond acceptors (Lipinski definition) is 2. The maximum absolute atomic E-state index is 12.0. The molecule has 0 radical (unpaired) electrons. The van der Waals surface area contributed by atoms with Crippen LogP contribution >= 0.6 is 0 Å². The van der Waals surface area contributed by atoms with Gasteiger partial charge in [0.25, 0.3) is 0 Å².